The number of fused-ring (bicyclic) bond motifs is 5. The van der Waals surface area contributed by atoms with E-state index in [9.17, 15) is 30.6 Å². The number of rotatable bonds is 5. The standard InChI is InChI=1S/C27H46O6/c1-15(14-28)6-5-7-16(2)21-22(31)23(32)24-26(21,4)11-9-20-25(3)10-8-17(29)12-18(25)19(30)13-27(20,24)33/h5,7,15-24,28-33H,6,8-14H2,1-4H3/b7-5+/t15-,16+,17-,18+,19+,20+,21-,22+,23-,24+,25-,26+,27-/m0/s1. The van der Waals surface area contributed by atoms with E-state index in [-0.39, 0.29) is 48.0 Å². The minimum atomic E-state index is -1.25. The van der Waals surface area contributed by atoms with E-state index in [1.54, 1.807) is 0 Å². The van der Waals surface area contributed by atoms with Crippen molar-refractivity contribution in [3.8, 4) is 0 Å². The highest BCUT2D eigenvalue weighted by atomic mass is 16.3. The number of hydrogen-bond acceptors (Lipinski definition) is 6. The lowest BCUT2D eigenvalue weighted by Crippen LogP contribution is -2.68. The van der Waals surface area contributed by atoms with Gasteiger partial charge in [-0.3, -0.25) is 0 Å². The topological polar surface area (TPSA) is 121 Å². The lowest BCUT2D eigenvalue weighted by Gasteiger charge is -2.65. The first-order chi connectivity index (χ1) is 15.4. The van der Waals surface area contributed by atoms with Crippen molar-refractivity contribution in [2.24, 2.45) is 46.3 Å². The van der Waals surface area contributed by atoms with E-state index >= 15 is 0 Å². The Hall–Kier alpha value is -0.500. The van der Waals surface area contributed by atoms with Gasteiger partial charge in [0.15, 0.2) is 0 Å². The van der Waals surface area contributed by atoms with Gasteiger partial charge in [0.2, 0.25) is 0 Å². The molecule has 190 valence electrons. The van der Waals surface area contributed by atoms with E-state index in [0.717, 1.165) is 25.7 Å². The molecule has 4 aliphatic rings. The van der Waals surface area contributed by atoms with E-state index in [1.165, 1.54) is 0 Å². The van der Waals surface area contributed by atoms with Crippen molar-refractivity contribution in [2.45, 2.75) is 103 Å². The Labute approximate surface area is 198 Å². The molecule has 0 aromatic carbocycles. The molecule has 0 radical (unpaired) electrons. The van der Waals surface area contributed by atoms with Gasteiger partial charge in [0.25, 0.3) is 0 Å². The van der Waals surface area contributed by atoms with Crippen molar-refractivity contribution in [3.05, 3.63) is 12.2 Å². The lowest BCUT2D eigenvalue weighted by atomic mass is 9.42. The summed E-state index contributed by atoms with van der Waals surface area (Å²) in [6, 6.07) is 0. The molecule has 0 heterocycles. The Morgan fingerprint density at radius 3 is 2.30 bits per heavy atom. The summed E-state index contributed by atoms with van der Waals surface area (Å²) in [6.07, 6.45) is 5.61. The van der Waals surface area contributed by atoms with Gasteiger partial charge < -0.3 is 30.6 Å². The summed E-state index contributed by atoms with van der Waals surface area (Å²) in [7, 11) is 0. The van der Waals surface area contributed by atoms with Gasteiger partial charge in [-0.25, -0.2) is 0 Å². The quantitative estimate of drug-likeness (QED) is 0.346. The van der Waals surface area contributed by atoms with Crippen LogP contribution >= 0.6 is 0 Å². The molecule has 0 saturated heterocycles. The maximum absolute atomic E-state index is 12.3. The molecule has 0 spiro atoms. The van der Waals surface area contributed by atoms with Gasteiger partial charge in [0.1, 0.15) is 0 Å². The summed E-state index contributed by atoms with van der Waals surface area (Å²) in [5, 5.41) is 65.6. The number of aliphatic hydroxyl groups excluding tert-OH is 5. The first kappa shape index (κ1) is 25.6. The zero-order valence-corrected chi connectivity index (χ0v) is 20.8. The predicted molar refractivity (Wildman–Crippen MR) is 126 cm³/mol. The molecule has 6 nitrogen and oxygen atoms in total. The van der Waals surface area contributed by atoms with Crippen LogP contribution in [-0.2, 0) is 0 Å². The Morgan fingerprint density at radius 1 is 0.970 bits per heavy atom. The second-order valence-electron chi connectivity index (χ2n) is 12.7. The zero-order valence-electron chi connectivity index (χ0n) is 20.8. The molecule has 4 fully saturated rings. The molecule has 6 heteroatoms. The van der Waals surface area contributed by atoms with Crippen LogP contribution in [0.5, 0.6) is 0 Å². The summed E-state index contributed by atoms with van der Waals surface area (Å²) in [5.41, 5.74) is -1.99. The second kappa shape index (κ2) is 8.86. The van der Waals surface area contributed by atoms with Crippen molar-refractivity contribution in [3.63, 3.8) is 0 Å². The van der Waals surface area contributed by atoms with E-state index < -0.39 is 41.3 Å². The van der Waals surface area contributed by atoms with Crippen molar-refractivity contribution >= 4 is 0 Å². The molecule has 0 aliphatic heterocycles. The molecule has 0 aromatic heterocycles. The van der Waals surface area contributed by atoms with Crippen LogP contribution in [0.15, 0.2) is 12.2 Å². The monoisotopic (exact) mass is 466 g/mol. The van der Waals surface area contributed by atoms with Crippen LogP contribution in [0, 0.1) is 46.3 Å². The molecule has 4 aliphatic carbocycles. The molecule has 4 saturated carbocycles. The fraction of sp³-hybridized carbons (Fsp3) is 0.926. The van der Waals surface area contributed by atoms with Crippen LogP contribution in [-0.4, -0.2) is 67.3 Å². The van der Waals surface area contributed by atoms with Gasteiger partial charge in [-0.05, 0) is 78.9 Å². The molecular weight excluding hydrogens is 420 g/mol. The van der Waals surface area contributed by atoms with Crippen molar-refractivity contribution in [1.82, 2.24) is 0 Å². The predicted octanol–water partition coefficient (Wildman–Crippen LogP) is 2.24. The zero-order chi connectivity index (χ0) is 24.3. The van der Waals surface area contributed by atoms with Crippen LogP contribution in [0.25, 0.3) is 0 Å². The van der Waals surface area contributed by atoms with E-state index in [4.69, 9.17) is 0 Å². The summed E-state index contributed by atoms with van der Waals surface area (Å²) in [4.78, 5) is 0. The van der Waals surface area contributed by atoms with Crippen molar-refractivity contribution < 1.29 is 30.6 Å². The van der Waals surface area contributed by atoms with E-state index in [2.05, 4.69) is 32.9 Å². The number of aliphatic hydroxyl groups is 6. The third kappa shape index (κ3) is 3.84. The maximum atomic E-state index is 12.3. The van der Waals surface area contributed by atoms with E-state index in [1.807, 2.05) is 6.92 Å². The Morgan fingerprint density at radius 2 is 1.64 bits per heavy atom. The minimum Gasteiger partial charge on any atom is -0.396 e. The first-order valence-electron chi connectivity index (χ1n) is 13.1. The van der Waals surface area contributed by atoms with Crippen LogP contribution in [0.2, 0.25) is 0 Å². The van der Waals surface area contributed by atoms with Crippen LogP contribution < -0.4 is 0 Å². The molecule has 0 amide bonds. The largest absolute Gasteiger partial charge is 0.396 e. The second-order valence-corrected chi connectivity index (χ2v) is 12.7. The van der Waals surface area contributed by atoms with Gasteiger partial charge in [-0.15, -0.1) is 0 Å². The Balaban J connectivity index is 1.65. The van der Waals surface area contributed by atoms with Gasteiger partial charge in [-0.1, -0.05) is 39.8 Å². The third-order valence-corrected chi connectivity index (χ3v) is 10.7. The molecule has 33 heavy (non-hydrogen) atoms. The van der Waals surface area contributed by atoms with Gasteiger partial charge in [-0.2, -0.15) is 0 Å². The molecule has 0 bridgehead atoms. The fourth-order valence-electron chi connectivity index (χ4n) is 9.16. The molecule has 13 atom stereocenters. The van der Waals surface area contributed by atoms with Crippen molar-refractivity contribution in [1.29, 1.82) is 0 Å². The summed E-state index contributed by atoms with van der Waals surface area (Å²) in [6.45, 7) is 8.47. The Bertz CT molecular complexity index is 742. The Kier molecular flexibility index (Phi) is 6.87. The minimum absolute atomic E-state index is 0.0115. The lowest BCUT2D eigenvalue weighted by molar-refractivity contribution is -0.263. The molecule has 0 unspecified atom stereocenters. The molecule has 4 rings (SSSR count). The molecular formula is C27H46O6. The molecule has 6 N–H and O–H groups in total. The van der Waals surface area contributed by atoms with Crippen LogP contribution in [0.3, 0.4) is 0 Å². The van der Waals surface area contributed by atoms with Crippen LogP contribution in [0.1, 0.15) is 72.6 Å². The summed E-state index contributed by atoms with van der Waals surface area (Å²) in [5.74, 6) is -0.628. The van der Waals surface area contributed by atoms with Gasteiger partial charge in [0.05, 0.1) is 30.0 Å². The summed E-state index contributed by atoms with van der Waals surface area (Å²) < 4.78 is 0. The van der Waals surface area contributed by atoms with Crippen molar-refractivity contribution in [2.75, 3.05) is 6.61 Å². The number of hydrogen-bond donors (Lipinski definition) is 6. The number of allylic oxidation sites excluding steroid dienone is 2. The van der Waals surface area contributed by atoms with Gasteiger partial charge >= 0.3 is 0 Å². The fourth-order valence-corrected chi connectivity index (χ4v) is 9.16. The third-order valence-electron chi connectivity index (χ3n) is 10.7. The average Bonchev–Trinajstić information content (AvgIpc) is 2.95. The highest BCUT2D eigenvalue weighted by Crippen LogP contribution is 2.69. The maximum Gasteiger partial charge on any atom is 0.0863 e. The highest BCUT2D eigenvalue weighted by molar-refractivity contribution is 5.22. The summed E-state index contributed by atoms with van der Waals surface area (Å²) >= 11 is 0. The average molecular weight is 467 g/mol. The highest BCUT2D eigenvalue weighted by Gasteiger charge is 2.72. The normalized spacial score (nSPS) is 53.9. The first-order valence-corrected chi connectivity index (χ1v) is 13.1. The van der Waals surface area contributed by atoms with E-state index in [0.29, 0.717) is 12.8 Å². The van der Waals surface area contributed by atoms with Crippen LogP contribution in [0.4, 0.5) is 0 Å². The SMILES string of the molecule is C[C@H](CO)C/C=C/[C@@H](C)[C@H]1[C@@H](O)[C@H](O)[C@@H]2[C@]1(C)CC[C@@H]1[C@@]3(C)CC[C@H](O)C[C@@H]3[C@H](O)C[C@]12O. The molecule has 0 aromatic rings. The van der Waals surface area contributed by atoms with Gasteiger partial charge in [0, 0.05) is 18.9 Å². The smallest absolute Gasteiger partial charge is 0.0863 e.